The fraction of sp³-hybridized carbons (Fsp3) is 0.571. The summed E-state index contributed by atoms with van der Waals surface area (Å²) >= 11 is 3.44. The molecule has 1 aromatic rings. The van der Waals surface area contributed by atoms with Gasteiger partial charge in [0.05, 0.1) is 0 Å². The third-order valence-corrected chi connectivity index (χ3v) is 4.01. The van der Waals surface area contributed by atoms with Crippen molar-refractivity contribution in [3.05, 3.63) is 28.7 Å². The average molecular weight is 313 g/mol. The maximum absolute atomic E-state index is 5.75. The third kappa shape index (κ3) is 4.26. The second-order valence-electron chi connectivity index (χ2n) is 4.83. The summed E-state index contributed by atoms with van der Waals surface area (Å²) in [5.74, 6) is 1.66. The molecule has 1 aromatic carbocycles. The van der Waals surface area contributed by atoms with Gasteiger partial charge in [0, 0.05) is 11.0 Å². The molecule has 1 fully saturated rings. The van der Waals surface area contributed by atoms with E-state index in [2.05, 4.69) is 20.8 Å². The summed E-state index contributed by atoms with van der Waals surface area (Å²) in [6.07, 6.45) is 2.46. The Hall–Kier alpha value is -0.580. The Morgan fingerprint density at radius 2 is 2.11 bits per heavy atom. The van der Waals surface area contributed by atoms with Crippen LogP contribution in [0.2, 0.25) is 0 Å². The molecule has 0 spiro atoms. The van der Waals surface area contributed by atoms with E-state index in [1.54, 1.807) is 0 Å². The zero-order chi connectivity index (χ0) is 12.8. The molecule has 1 aliphatic heterocycles. The molecule has 18 heavy (non-hydrogen) atoms. The highest BCUT2D eigenvalue weighted by atomic mass is 79.9. The maximum Gasteiger partial charge on any atom is 0.120 e. The van der Waals surface area contributed by atoms with Gasteiger partial charge in [0.1, 0.15) is 12.4 Å². The van der Waals surface area contributed by atoms with Gasteiger partial charge in [0.2, 0.25) is 0 Å². The van der Waals surface area contributed by atoms with Crippen molar-refractivity contribution in [1.29, 1.82) is 0 Å². The molecule has 1 aliphatic rings. The molecule has 100 valence electrons. The summed E-state index contributed by atoms with van der Waals surface area (Å²) in [7, 11) is 0. The number of benzene rings is 1. The number of piperidine rings is 1. The Morgan fingerprint density at radius 3 is 2.78 bits per heavy atom. The minimum Gasteiger partial charge on any atom is -0.492 e. The van der Waals surface area contributed by atoms with Crippen LogP contribution in [0.15, 0.2) is 28.7 Å². The average Bonchev–Trinajstić information content (AvgIpc) is 2.40. The molecule has 1 heterocycles. The molecule has 2 rings (SSSR count). The van der Waals surface area contributed by atoms with Gasteiger partial charge in [-0.1, -0.05) is 22.0 Å². The largest absolute Gasteiger partial charge is 0.492 e. The Bertz CT molecular complexity index is 365. The zero-order valence-corrected chi connectivity index (χ0v) is 12.2. The lowest BCUT2D eigenvalue weighted by atomic mass is 9.97. The molecule has 2 N–H and O–H groups in total. The second kappa shape index (κ2) is 7.12. The molecule has 0 saturated carbocycles. The Labute approximate surface area is 117 Å². The predicted molar refractivity (Wildman–Crippen MR) is 77.9 cm³/mol. The van der Waals surface area contributed by atoms with Gasteiger partial charge in [-0.25, -0.2) is 0 Å². The molecule has 0 aromatic heterocycles. The Kier molecular flexibility index (Phi) is 5.47. The van der Waals surface area contributed by atoms with Crippen LogP contribution in [-0.2, 0) is 0 Å². The molecule has 0 unspecified atom stereocenters. The molecule has 0 amide bonds. The quantitative estimate of drug-likeness (QED) is 0.908. The molecular weight excluding hydrogens is 292 g/mol. The van der Waals surface area contributed by atoms with Crippen LogP contribution in [-0.4, -0.2) is 37.7 Å². The van der Waals surface area contributed by atoms with Crippen molar-refractivity contribution in [3.63, 3.8) is 0 Å². The van der Waals surface area contributed by atoms with Crippen LogP contribution >= 0.6 is 15.9 Å². The van der Waals surface area contributed by atoms with Gasteiger partial charge in [-0.15, -0.1) is 0 Å². The van der Waals surface area contributed by atoms with E-state index < -0.39 is 0 Å². The summed E-state index contributed by atoms with van der Waals surface area (Å²) in [4.78, 5) is 2.46. The van der Waals surface area contributed by atoms with E-state index in [9.17, 15) is 0 Å². The standard InChI is InChI=1S/C14H21BrN2O/c15-13-2-1-3-14(10-13)18-9-8-17-6-4-12(11-16)5-7-17/h1-3,10,12H,4-9,11,16H2. The first-order valence-electron chi connectivity index (χ1n) is 6.58. The van der Waals surface area contributed by atoms with Crippen molar-refractivity contribution >= 4 is 15.9 Å². The van der Waals surface area contributed by atoms with E-state index in [1.165, 1.54) is 12.8 Å². The smallest absolute Gasteiger partial charge is 0.120 e. The number of nitrogens with two attached hydrogens (primary N) is 1. The third-order valence-electron chi connectivity index (χ3n) is 3.51. The molecule has 0 atom stereocenters. The predicted octanol–water partition coefficient (Wildman–Crippen LogP) is 2.50. The van der Waals surface area contributed by atoms with Gasteiger partial charge in [0.15, 0.2) is 0 Å². The summed E-state index contributed by atoms with van der Waals surface area (Å²) in [6.45, 7) is 4.91. The summed E-state index contributed by atoms with van der Waals surface area (Å²) in [5, 5.41) is 0. The van der Waals surface area contributed by atoms with Crippen molar-refractivity contribution in [2.75, 3.05) is 32.8 Å². The molecule has 0 aliphatic carbocycles. The first kappa shape index (κ1) is 13.8. The highest BCUT2D eigenvalue weighted by Crippen LogP contribution is 2.18. The van der Waals surface area contributed by atoms with E-state index in [4.69, 9.17) is 10.5 Å². The van der Waals surface area contributed by atoms with Crippen LogP contribution in [0.5, 0.6) is 5.75 Å². The van der Waals surface area contributed by atoms with E-state index in [0.717, 1.165) is 48.9 Å². The molecule has 0 bridgehead atoms. The van der Waals surface area contributed by atoms with Crippen LogP contribution in [0.3, 0.4) is 0 Å². The number of hydrogen-bond acceptors (Lipinski definition) is 3. The van der Waals surface area contributed by atoms with Gasteiger partial charge in [0.25, 0.3) is 0 Å². The summed E-state index contributed by atoms with van der Waals surface area (Å²) < 4.78 is 6.81. The van der Waals surface area contributed by atoms with E-state index in [1.807, 2.05) is 24.3 Å². The van der Waals surface area contributed by atoms with Crippen molar-refractivity contribution in [1.82, 2.24) is 4.90 Å². The molecule has 0 radical (unpaired) electrons. The molecule has 3 nitrogen and oxygen atoms in total. The van der Waals surface area contributed by atoms with Crippen molar-refractivity contribution < 1.29 is 4.74 Å². The monoisotopic (exact) mass is 312 g/mol. The number of hydrogen-bond donors (Lipinski definition) is 1. The molecule has 4 heteroatoms. The fourth-order valence-corrected chi connectivity index (χ4v) is 2.67. The lowest BCUT2D eigenvalue weighted by Crippen LogP contribution is -2.38. The van der Waals surface area contributed by atoms with E-state index >= 15 is 0 Å². The zero-order valence-electron chi connectivity index (χ0n) is 10.6. The van der Waals surface area contributed by atoms with Gasteiger partial charge in [-0.3, -0.25) is 4.90 Å². The lowest BCUT2D eigenvalue weighted by Gasteiger charge is -2.31. The summed E-state index contributed by atoms with van der Waals surface area (Å²) in [6, 6.07) is 7.99. The second-order valence-corrected chi connectivity index (χ2v) is 5.74. The first-order valence-corrected chi connectivity index (χ1v) is 7.38. The maximum atomic E-state index is 5.75. The van der Waals surface area contributed by atoms with Gasteiger partial charge in [-0.2, -0.15) is 0 Å². The minimum atomic E-state index is 0.729. The van der Waals surface area contributed by atoms with Crippen LogP contribution in [0.1, 0.15) is 12.8 Å². The van der Waals surface area contributed by atoms with Crippen LogP contribution < -0.4 is 10.5 Å². The van der Waals surface area contributed by atoms with E-state index in [-0.39, 0.29) is 0 Å². The van der Waals surface area contributed by atoms with Crippen molar-refractivity contribution in [2.24, 2.45) is 11.7 Å². The lowest BCUT2D eigenvalue weighted by molar-refractivity contribution is 0.157. The summed E-state index contributed by atoms with van der Waals surface area (Å²) in [5.41, 5.74) is 5.69. The fourth-order valence-electron chi connectivity index (χ4n) is 2.30. The van der Waals surface area contributed by atoms with Gasteiger partial charge >= 0.3 is 0 Å². The van der Waals surface area contributed by atoms with Crippen molar-refractivity contribution in [3.8, 4) is 5.75 Å². The Morgan fingerprint density at radius 1 is 1.33 bits per heavy atom. The minimum absolute atomic E-state index is 0.729. The number of rotatable bonds is 5. The van der Waals surface area contributed by atoms with Crippen LogP contribution in [0.4, 0.5) is 0 Å². The van der Waals surface area contributed by atoms with E-state index in [0.29, 0.717) is 0 Å². The molecule has 1 saturated heterocycles. The number of ether oxygens (including phenoxy) is 1. The highest BCUT2D eigenvalue weighted by Gasteiger charge is 2.17. The first-order chi connectivity index (χ1) is 8.78. The van der Waals surface area contributed by atoms with Crippen LogP contribution in [0, 0.1) is 5.92 Å². The SMILES string of the molecule is NCC1CCN(CCOc2cccc(Br)c2)CC1. The molecular formula is C14H21BrN2O. The van der Waals surface area contributed by atoms with Crippen LogP contribution in [0.25, 0.3) is 0 Å². The number of nitrogens with zero attached hydrogens (tertiary/aromatic N) is 1. The highest BCUT2D eigenvalue weighted by molar-refractivity contribution is 9.10. The topological polar surface area (TPSA) is 38.5 Å². The van der Waals surface area contributed by atoms with Gasteiger partial charge < -0.3 is 10.5 Å². The van der Waals surface area contributed by atoms with Gasteiger partial charge in [-0.05, 0) is 56.6 Å². The number of halogens is 1. The number of likely N-dealkylation sites (tertiary alicyclic amines) is 1. The normalized spacial score (nSPS) is 17.9. The Balaban J connectivity index is 1.67. The van der Waals surface area contributed by atoms with Crippen molar-refractivity contribution in [2.45, 2.75) is 12.8 Å².